The number of nitrogens with zero attached hydrogens (tertiary/aromatic N) is 1. The lowest BCUT2D eigenvalue weighted by Gasteiger charge is -2.51. The van der Waals surface area contributed by atoms with Crippen molar-refractivity contribution < 1.29 is 0 Å². The quantitative estimate of drug-likeness (QED) is 0.665. The van der Waals surface area contributed by atoms with E-state index in [1.54, 1.807) is 0 Å². The highest BCUT2D eigenvalue weighted by atomic mass is 15.2. The van der Waals surface area contributed by atoms with Gasteiger partial charge in [0.15, 0.2) is 0 Å². The van der Waals surface area contributed by atoms with Gasteiger partial charge in [0.1, 0.15) is 0 Å². The summed E-state index contributed by atoms with van der Waals surface area (Å²) in [6.07, 6.45) is 5.43. The predicted octanol–water partition coefficient (Wildman–Crippen LogP) is 4.08. The molecular weight excluding hydrogens is 182 g/mol. The van der Waals surface area contributed by atoms with Crippen molar-refractivity contribution in [2.45, 2.75) is 78.8 Å². The molecule has 90 valence electrons. The van der Waals surface area contributed by atoms with Crippen LogP contribution in [0, 0.1) is 5.41 Å². The molecule has 0 aliphatic carbocycles. The van der Waals surface area contributed by atoms with Crippen LogP contribution in [0.15, 0.2) is 0 Å². The van der Waals surface area contributed by atoms with Gasteiger partial charge in [-0.3, -0.25) is 4.90 Å². The summed E-state index contributed by atoms with van der Waals surface area (Å²) < 4.78 is 0. The first-order valence-electron chi connectivity index (χ1n) is 6.56. The SMILES string of the molecule is CCC(C)(C)N1CCCCC1C(C)(C)C. The Morgan fingerprint density at radius 3 is 2.13 bits per heavy atom. The fourth-order valence-electron chi connectivity index (χ4n) is 2.76. The summed E-state index contributed by atoms with van der Waals surface area (Å²) in [5.41, 5.74) is 0.797. The van der Waals surface area contributed by atoms with E-state index in [9.17, 15) is 0 Å². The summed E-state index contributed by atoms with van der Waals surface area (Å²) >= 11 is 0. The third kappa shape index (κ3) is 2.96. The molecule has 1 atom stereocenters. The van der Waals surface area contributed by atoms with Crippen molar-refractivity contribution >= 4 is 0 Å². The average Bonchev–Trinajstić information content (AvgIpc) is 2.16. The van der Waals surface area contributed by atoms with Crippen LogP contribution in [-0.2, 0) is 0 Å². The van der Waals surface area contributed by atoms with E-state index in [2.05, 4.69) is 46.4 Å². The van der Waals surface area contributed by atoms with Gasteiger partial charge in [-0.2, -0.15) is 0 Å². The Bertz CT molecular complexity index is 200. The Balaban J connectivity index is 2.83. The zero-order valence-corrected chi connectivity index (χ0v) is 11.6. The number of likely N-dealkylation sites (tertiary alicyclic amines) is 1. The molecule has 1 aliphatic rings. The maximum Gasteiger partial charge on any atom is 0.0153 e. The second-order valence-corrected chi connectivity index (χ2v) is 6.74. The highest BCUT2D eigenvalue weighted by Gasteiger charge is 2.38. The predicted molar refractivity (Wildman–Crippen MR) is 68.2 cm³/mol. The van der Waals surface area contributed by atoms with Crippen molar-refractivity contribution in [2.24, 2.45) is 5.41 Å². The molecule has 1 fully saturated rings. The maximum atomic E-state index is 2.76. The molecule has 0 radical (unpaired) electrons. The molecule has 0 aromatic rings. The minimum absolute atomic E-state index is 0.373. The van der Waals surface area contributed by atoms with Crippen molar-refractivity contribution in [2.75, 3.05) is 6.54 Å². The molecule has 0 aromatic carbocycles. The Kier molecular flexibility index (Phi) is 3.86. The van der Waals surface area contributed by atoms with E-state index in [4.69, 9.17) is 0 Å². The van der Waals surface area contributed by atoms with Gasteiger partial charge in [0.2, 0.25) is 0 Å². The standard InChI is InChI=1S/C14H29N/c1-7-14(5,6)15-11-9-8-10-12(15)13(2,3)4/h12H,7-11H2,1-6H3. The summed E-state index contributed by atoms with van der Waals surface area (Å²) in [7, 11) is 0. The molecular formula is C14H29N. The molecule has 1 unspecified atom stereocenters. The van der Waals surface area contributed by atoms with Gasteiger partial charge >= 0.3 is 0 Å². The van der Waals surface area contributed by atoms with Gasteiger partial charge in [-0.25, -0.2) is 0 Å². The van der Waals surface area contributed by atoms with Gasteiger partial charge in [0.05, 0.1) is 0 Å². The van der Waals surface area contributed by atoms with Crippen molar-refractivity contribution in [3.05, 3.63) is 0 Å². The van der Waals surface area contributed by atoms with Crippen LogP contribution in [0.5, 0.6) is 0 Å². The van der Waals surface area contributed by atoms with Crippen LogP contribution in [0.3, 0.4) is 0 Å². The molecule has 15 heavy (non-hydrogen) atoms. The van der Waals surface area contributed by atoms with Crippen molar-refractivity contribution in [1.29, 1.82) is 0 Å². The molecule has 0 spiro atoms. The third-order valence-corrected chi connectivity index (χ3v) is 4.15. The summed E-state index contributed by atoms with van der Waals surface area (Å²) in [5.74, 6) is 0. The third-order valence-electron chi connectivity index (χ3n) is 4.15. The fraction of sp³-hybridized carbons (Fsp3) is 1.00. The molecule has 1 heterocycles. The van der Waals surface area contributed by atoms with Crippen LogP contribution < -0.4 is 0 Å². The van der Waals surface area contributed by atoms with Crippen molar-refractivity contribution in [1.82, 2.24) is 4.90 Å². The Morgan fingerprint density at radius 2 is 1.67 bits per heavy atom. The molecule has 0 amide bonds. The number of rotatable bonds is 2. The molecule has 1 rings (SSSR count). The van der Waals surface area contributed by atoms with E-state index in [1.807, 2.05) is 0 Å². The normalized spacial score (nSPS) is 25.6. The second kappa shape index (κ2) is 4.45. The molecule has 0 aromatic heterocycles. The highest BCUT2D eigenvalue weighted by molar-refractivity contribution is 4.93. The van der Waals surface area contributed by atoms with Gasteiger partial charge in [-0.05, 0) is 45.1 Å². The van der Waals surface area contributed by atoms with Gasteiger partial charge in [-0.15, -0.1) is 0 Å². The van der Waals surface area contributed by atoms with E-state index in [0.29, 0.717) is 11.0 Å². The van der Waals surface area contributed by atoms with Crippen LogP contribution in [0.2, 0.25) is 0 Å². The zero-order valence-electron chi connectivity index (χ0n) is 11.6. The van der Waals surface area contributed by atoms with Crippen molar-refractivity contribution in [3.8, 4) is 0 Å². The Labute approximate surface area is 96.2 Å². The largest absolute Gasteiger partial charge is 0.295 e. The fourth-order valence-corrected chi connectivity index (χ4v) is 2.76. The van der Waals surface area contributed by atoms with E-state index in [-0.39, 0.29) is 0 Å². The van der Waals surface area contributed by atoms with Gasteiger partial charge in [0, 0.05) is 11.6 Å². The van der Waals surface area contributed by atoms with E-state index in [0.717, 1.165) is 6.04 Å². The first-order chi connectivity index (χ1) is 6.79. The summed E-state index contributed by atoms with van der Waals surface area (Å²) in [6.45, 7) is 15.6. The van der Waals surface area contributed by atoms with E-state index >= 15 is 0 Å². The average molecular weight is 211 g/mol. The zero-order chi connectivity index (χ0) is 11.7. The number of hydrogen-bond acceptors (Lipinski definition) is 1. The topological polar surface area (TPSA) is 3.24 Å². The van der Waals surface area contributed by atoms with E-state index < -0.39 is 0 Å². The highest BCUT2D eigenvalue weighted by Crippen LogP contribution is 2.37. The van der Waals surface area contributed by atoms with Crippen LogP contribution in [0.1, 0.15) is 67.2 Å². The molecule has 1 nitrogen and oxygen atoms in total. The first-order valence-corrected chi connectivity index (χ1v) is 6.56. The summed E-state index contributed by atoms with van der Waals surface area (Å²) in [4.78, 5) is 2.76. The minimum atomic E-state index is 0.373. The lowest BCUT2D eigenvalue weighted by Crippen LogP contribution is -2.56. The van der Waals surface area contributed by atoms with Crippen LogP contribution in [-0.4, -0.2) is 23.0 Å². The lowest BCUT2D eigenvalue weighted by atomic mass is 9.78. The lowest BCUT2D eigenvalue weighted by molar-refractivity contribution is -0.0143. The molecule has 1 saturated heterocycles. The Morgan fingerprint density at radius 1 is 1.07 bits per heavy atom. The summed E-state index contributed by atoms with van der Waals surface area (Å²) in [6, 6.07) is 0.765. The van der Waals surface area contributed by atoms with Gasteiger partial charge < -0.3 is 0 Å². The van der Waals surface area contributed by atoms with Crippen LogP contribution in [0.25, 0.3) is 0 Å². The molecule has 0 N–H and O–H groups in total. The number of piperidine rings is 1. The minimum Gasteiger partial charge on any atom is -0.295 e. The number of hydrogen-bond donors (Lipinski definition) is 0. The Hall–Kier alpha value is -0.0400. The van der Waals surface area contributed by atoms with E-state index in [1.165, 1.54) is 32.2 Å². The molecule has 1 heteroatoms. The van der Waals surface area contributed by atoms with Crippen LogP contribution >= 0.6 is 0 Å². The molecule has 0 saturated carbocycles. The molecule has 0 bridgehead atoms. The van der Waals surface area contributed by atoms with Crippen molar-refractivity contribution in [3.63, 3.8) is 0 Å². The molecule has 1 aliphatic heterocycles. The van der Waals surface area contributed by atoms with Gasteiger partial charge in [-0.1, -0.05) is 34.1 Å². The monoisotopic (exact) mass is 211 g/mol. The smallest absolute Gasteiger partial charge is 0.0153 e. The maximum absolute atomic E-state index is 2.76. The van der Waals surface area contributed by atoms with Crippen LogP contribution in [0.4, 0.5) is 0 Å². The van der Waals surface area contributed by atoms with Gasteiger partial charge in [0.25, 0.3) is 0 Å². The summed E-state index contributed by atoms with van der Waals surface area (Å²) in [5, 5.41) is 0. The second-order valence-electron chi connectivity index (χ2n) is 6.74. The first kappa shape index (κ1) is 13.0.